The molecule has 1 amide bonds. The Kier molecular flexibility index (Phi) is 7.49. The second kappa shape index (κ2) is 9.15. The summed E-state index contributed by atoms with van der Waals surface area (Å²) in [5, 5.41) is 8.81. The van der Waals surface area contributed by atoms with Gasteiger partial charge in [-0.1, -0.05) is 0 Å². The van der Waals surface area contributed by atoms with E-state index >= 15 is 0 Å². The Labute approximate surface area is 123 Å². The van der Waals surface area contributed by atoms with E-state index in [2.05, 4.69) is 0 Å². The number of hydrogen-bond donors (Lipinski definition) is 1. The highest BCUT2D eigenvalue weighted by Crippen LogP contribution is 2.11. The molecular weight excluding hydrogens is 278 g/mol. The van der Waals surface area contributed by atoms with Crippen LogP contribution >= 0.6 is 0 Å². The molecular formula is C14H21NO6. The van der Waals surface area contributed by atoms with Gasteiger partial charge in [0.2, 0.25) is 5.76 Å². The number of amides is 1. The van der Waals surface area contributed by atoms with Crippen molar-refractivity contribution in [2.24, 2.45) is 0 Å². The van der Waals surface area contributed by atoms with E-state index in [1.807, 2.05) is 13.8 Å². The van der Waals surface area contributed by atoms with E-state index in [0.29, 0.717) is 39.5 Å². The van der Waals surface area contributed by atoms with Crippen LogP contribution in [-0.4, -0.2) is 61.4 Å². The molecule has 0 saturated heterocycles. The fourth-order valence-corrected chi connectivity index (χ4v) is 1.68. The van der Waals surface area contributed by atoms with Gasteiger partial charge in [-0.3, -0.25) is 4.79 Å². The van der Waals surface area contributed by atoms with E-state index in [9.17, 15) is 9.59 Å². The minimum absolute atomic E-state index is 0.000368. The van der Waals surface area contributed by atoms with Gasteiger partial charge in [0.25, 0.3) is 5.91 Å². The molecule has 7 nitrogen and oxygen atoms in total. The third kappa shape index (κ3) is 5.57. The number of carbonyl (C=O) groups excluding carboxylic acids is 1. The molecule has 7 heteroatoms. The van der Waals surface area contributed by atoms with Crippen molar-refractivity contribution in [2.45, 2.75) is 13.8 Å². The second-order valence-electron chi connectivity index (χ2n) is 4.16. The predicted octanol–water partition coefficient (Wildman–Crippen LogP) is 1.49. The monoisotopic (exact) mass is 299 g/mol. The fraction of sp³-hybridized carbons (Fsp3) is 0.571. The van der Waals surface area contributed by atoms with E-state index in [-0.39, 0.29) is 17.4 Å². The third-order valence-corrected chi connectivity index (χ3v) is 2.73. The zero-order valence-electron chi connectivity index (χ0n) is 12.3. The van der Waals surface area contributed by atoms with Gasteiger partial charge in [0.15, 0.2) is 5.76 Å². The lowest BCUT2D eigenvalue weighted by Gasteiger charge is -2.21. The van der Waals surface area contributed by atoms with Crippen LogP contribution in [-0.2, 0) is 9.47 Å². The topological polar surface area (TPSA) is 89.2 Å². The molecule has 0 aliphatic carbocycles. The molecule has 0 radical (unpaired) electrons. The maximum atomic E-state index is 12.3. The highest BCUT2D eigenvalue weighted by Gasteiger charge is 2.20. The van der Waals surface area contributed by atoms with Gasteiger partial charge in [0, 0.05) is 26.3 Å². The molecule has 0 aliphatic heterocycles. The van der Waals surface area contributed by atoms with Crippen molar-refractivity contribution < 1.29 is 28.6 Å². The molecule has 0 spiro atoms. The van der Waals surface area contributed by atoms with Crippen LogP contribution in [0.1, 0.15) is 35.0 Å². The Bertz CT molecular complexity index is 446. The van der Waals surface area contributed by atoms with Crippen LogP contribution in [0.25, 0.3) is 0 Å². The standard InChI is InChI=1S/C14H21NO6/c1-3-19-9-7-15(8-10-20-4-2)13(16)11-5-6-12(21-11)14(17)18/h5-6H,3-4,7-10H2,1-2H3,(H,17,18). The zero-order chi connectivity index (χ0) is 15.7. The summed E-state index contributed by atoms with van der Waals surface area (Å²) in [7, 11) is 0. The summed E-state index contributed by atoms with van der Waals surface area (Å²) < 4.78 is 15.5. The molecule has 1 aromatic heterocycles. The van der Waals surface area contributed by atoms with E-state index in [1.54, 1.807) is 0 Å². The van der Waals surface area contributed by atoms with Crippen molar-refractivity contribution in [1.29, 1.82) is 0 Å². The van der Waals surface area contributed by atoms with Crippen molar-refractivity contribution in [3.8, 4) is 0 Å². The largest absolute Gasteiger partial charge is 0.475 e. The molecule has 0 bridgehead atoms. The Morgan fingerprint density at radius 3 is 2.05 bits per heavy atom. The minimum Gasteiger partial charge on any atom is -0.475 e. The number of aromatic carboxylic acids is 1. The lowest BCUT2D eigenvalue weighted by Crippen LogP contribution is -2.36. The minimum atomic E-state index is -1.20. The predicted molar refractivity (Wildman–Crippen MR) is 74.6 cm³/mol. The van der Waals surface area contributed by atoms with Gasteiger partial charge in [0.1, 0.15) is 0 Å². The van der Waals surface area contributed by atoms with Crippen LogP contribution in [0.2, 0.25) is 0 Å². The van der Waals surface area contributed by atoms with Gasteiger partial charge in [-0.15, -0.1) is 0 Å². The number of carboxylic acids is 1. The van der Waals surface area contributed by atoms with Gasteiger partial charge in [-0.2, -0.15) is 0 Å². The lowest BCUT2D eigenvalue weighted by molar-refractivity contribution is 0.0518. The Balaban J connectivity index is 2.69. The molecule has 0 aromatic carbocycles. The van der Waals surface area contributed by atoms with Crippen molar-refractivity contribution in [3.05, 3.63) is 23.7 Å². The molecule has 0 aliphatic rings. The Morgan fingerprint density at radius 1 is 1.10 bits per heavy atom. The number of furan rings is 1. The molecule has 0 fully saturated rings. The first kappa shape index (κ1) is 17.2. The average molecular weight is 299 g/mol. The van der Waals surface area contributed by atoms with E-state index < -0.39 is 5.97 Å². The van der Waals surface area contributed by atoms with E-state index in [1.165, 1.54) is 17.0 Å². The van der Waals surface area contributed by atoms with Crippen LogP contribution in [0.15, 0.2) is 16.5 Å². The maximum Gasteiger partial charge on any atom is 0.371 e. The van der Waals surface area contributed by atoms with E-state index in [0.717, 1.165) is 0 Å². The first-order valence-corrected chi connectivity index (χ1v) is 6.88. The highest BCUT2D eigenvalue weighted by molar-refractivity contribution is 5.93. The first-order chi connectivity index (χ1) is 10.1. The maximum absolute atomic E-state index is 12.3. The molecule has 1 aromatic rings. The number of carbonyl (C=O) groups is 2. The Morgan fingerprint density at radius 2 is 1.62 bits per heavy atom. The zero-order valence-corrected chi connectivity index (χ0v) is 12.3. The van der Waals surface area contributed by atoms with Crippen molar-refractivity contribution in [2.75, 3.05) is 39.5 Å². The van der Waals surface area contributed by atoms with Gasteiger partial charge in [-0.25, -0.2) is 4.79 Å². The van der Waals surface area contributed by atoms with Crippen LogP contribution in [0.5, 0.6) is 0 Å². The van der Waals surface area contributed by atoms with E-state index in [4.69, 9.17) is 19.0 Å². The summed E-state index contributed by atoms with van der Waals surface area (Å²) in [5.74, 6) is -1.83. The molecule has 0 unspecified atom stereocenters. The number of nitrogens with zero attached hydrogens (tertiary/aromatic N) is 1. The van der Waals surface area contributed by atoms with Crippen LogP contribution < -0.4 is 0 Å². The summed E-state index contributed by atoms with van der Waals surface area (Å²) in [4.78, 5) is 24.6. The van der Waals surface area contributed by atoms with Crippen molar-refractivity contribution >= 4 is 11.9 Å². The molecule has 1 rings (SSSR count). The van der Waals surface area contributed by atoms with Crippen molar-refractivity contribution in [1.82, 2.24) is 4.90 Å². The van der Waals surface area contributed by atoms with Crippen LogP contribution in [0.4, 0.5) is 0 Å². The normalized spacial score (nSPS) is 10.6. The van der Waals surface area contributed by atoms with Gasteiger partial charge >= 0.3 is 5.97 Å². The number of ether oxygens (including phenoxy) is 2. The van der Waals surface area contributed by atoms with Crippen LogP contribution in [0.3, 0.4) is 0 Å². The molecule has 0 saturated carbocycles. The molecule has 0 atom stereocenters. The molecule has 118 valence electrons. The Hall–Kier alpha value is -1.86. The van der Waals surface area contributed by atoms with Gasteiger partial charge < -0.3 is 23.9 Å². The summed E-state index contributed by atoms with van der Waals surface area (Å²) >= 11 is 0. The number of hydrogen-bond acceptors (Lipinski definition) is 5. The number of carboxylic acid groups (broad SMARTS) is 1. The molecule has 21 heavy (non-hydrogen) atoms. The third-order valence-electron chi connectivity index (χ3n) is 2.73. The smallest absolute Gasteiger partial charge is 0.371 e. The quantitative estimate of drug-likeness (QED) is 0.658. The summed E-state index contributed by atoms with van der Waals surface area (Å²) in [6.45, 7) is 6.47. The summed E-state index contributed by atoms with van der Waals surface area (Å²) in [5.41, 5.74) is 0. The average Bonchev–Trinajstić information content (AvgIpc) is 2.95. The first-order valence-electron chi connectivity index (χ1n) is 6.88. The summed E-state index contributed by atoms with van der Waals surface area (Å²) in [6, 6.07) is 2.62. The highest BCUT2D eigenvalue weighted by atomic mass is 16.5. The fourth-order valence-electron chi connectivity index (χ4n) is 1.68. The SMILES string of the molecule is CCOCCN(CCOCC)C(=O)c1ccc(C(=O)O)o1. The van der Waals surface area contributed by atoms with Crippen LogP contribution in [0, 0.1) is 0 Å². The summed E-state index contributed by atoms with van der Waals surface area (Å²) in [6.07, 6.45) is 0. The second-order valence-corrected chi connectivity index (χ2v) is 4.16. The molecule has 1 N–H and O–H groups in total. The van der Waals surface area contributed by atoms with Gasteiger partial charge in [-0.05, 0) is 26.0 Å². The lowest BCUT2D eigenvalue weighted by atomic mass is 10.3. The van der Waals surface area contributed by atoms with Crippen molar-refractivity contribution in [3.63, 3.8) is 0 Å². The molecule has 1 heterocycles. The van der Waals surface area contributed by atoms with Gasteiger partial charge in [0.05, 0.1) is 13.2 Å². The number of rotatable bonds is 10.